The third-order valence-corrected chi connectivity index (χ3v) is 2.48. The summed E-state index contributed by atoms with van der Waals surface area (Å²) in [5.41, 5.74) is 0. The largest absolute Gasteiger partial charge is 0.409 e. The van der Waals surface area contributed by atoms with E-state index in [0.29, 0.717) is 30.9 Å². The van der Waals surface area contributed by atoms with Crippen LogP contribution in [-0.4, -0.2) is 47.4 Å². The SMILES string of the molecule is CN(C)c1nc(NCCCC(=O)/C=C/C(F)(F)F)nn1C. The van der Waals surface area contributed by atoms with Gasteiger partial charge in [0.15, 0.2) is 5.78 Å². The number of nitrogens with one attached hydrogen (secondary N) is 1. The van der Waals surface area contributed by atoms with Gasteiger partial charge in [-0.3, -0.25) is 4.79 Å². The molecule has 1 N–H and O–H groups in total. The van der Waals surface area contributed by atoms with E-state index in [0.717, 1.165) is 0 Å². The van der Waals surface area contributed by atoms with Gasteiger partial charge in [-0.2, -0.15) is 18.2 Å². The van der Waals surface area contributed by atoms with Gasteiger partial charge in [-0.15, -0.1) is 5.10 Å². The molecule has 21 heavy (non-hydrogen) atoms. The summed E-state index contributed by atoms with van der Waals surface area (Å²) < 4.78 is 37.2. The molecule has 0 amide bonds. The van der Waals surface area contributed by atoms with Crippen molar-refractivity contribution in [3.63, 3.8) is 0 Å². The van der Waals surface area contributed by atoms with Crippen LogP contribution in [0.3, 0.4) is 0 Å². The van der Waals surface area contributed by atoms with E-state index in [4.69, 9.17) is 0 Å². The maximum atomic E-state index is 11.9. The van der Waals surface area contributed by atoms with E-state index >= 15 is 0 Å². The van der Waals surface area contributed by atoms with E-state index in [1.165, 1.54) is 0 Å². The van der Waals surface area contributed by atoms with Crippen LogP contribution in [0.4, 0.5) is 25.1 Å². The molecule has 1 heterocycles. The third kappa shape index (κ3) is 6.28. The van der Waals surface area contributed by atoms with Gasteiger partial charge in [-0.05, 0) is 12.5 Å². The average molecular weight is 305 g/mol. The number of aromatic nitrogens is 3. The molecule has 0 spiro atoms. The standard InChI is InChI=1S/C12H18F3N5O/c1-19(2)11-17-10(18-20(11)3)16-8-4-5-9(21)6-7-12(13,14)15/h6-7H,4-5,8H2,1-3H3,(H,16,18)/b7-6+. The highest BCUT2D eigenvalue weighted by atomic mass is 19.4. The Bertz CT molecular complexity index is 507. The summed E-state index contributed by atoms with van der Waals surface area (Å²) in [4.78, 5) is 17.2. The zero-order valence-electron chi connectivity index (χ0n) is 12.1. The summed E-state index contributed by atoms with van der Waals surface area (Å²) in [6.07, 6.45) is -3.51. The minimum Gasteiger partial charge on any atom is -0.353 e. The zero-order valence-corrected chi connectivity index (χ0v) is 12.1. The van der Waals surface area contributed by atoms with Gasteiger partial charge in [-0.1, -0.05) is 0 Å². The first-order chi connectivity index (χ1) is 9.69. The molecule has 0 unspecified atom stereocenters. The monoisotopic (exact) mass is 305 g/mol. The van der Waals surface area contributed by atoms with Crippen LogP contribution in [-0.2, 0) is 11.8 Å². The number of nitrogens with zero attached hydrogens (tertiary/aromatic N) is 4. The van der Waals surface area contributed by atoms with Gasteiger partial charge in [0.25, 0.3) is 0 Å². The Morgan fingerprint density at radius 3 is 2.62 bits per heavy atom. The summed E-state index contributed by atoms with van der Waals surface area (Å²) in [6, 6.07) is 0. The van der Waals surface area contributed by atoms with Crippen LogP contribution in [0.2, 0.25) is 0 Å². The molecule has 0 aliphatic rings. The Labute approximate surface area is 120 Å². The van der Waals surface area contributed by atoms with Crippen LogP contribution < -0.4 is 10.2 Å². The fourth-order valence-corrected chi connectivity index (χ4v) is 1.57. The summed E-state index contributed by atoms with van der Waals surface area (Å²) in [7, 11) is 5.41. The van der Waals surface area contributed by atoms with Crippen LogP contribution >= 0.6 is 0 Å². The van der Waals surface area contributed by atoms with Crippen molar-refractivity contribution in [2.75, 3.05) is 30.9 Å². The number of aryl methyl sites for hydroxylation is 1. The quantitative estimate of drug-likeness (QED) is 0.614. The van der Waals surface area contributed by atoms with Gasteiger partial charge in [0.1, 0.15) is 0 Å². The van der Waals surface area contributed by atoms with Crippen LogP contribution in [0, 0.1) is 0 Å². The van der Waals surface area contributed by atoms with Crippen molar-refractivity contribution in [1.29, 1.82) is 0 Å². The van der Waals surface area contributed by atoms with E-state index in [1.807, 2.05) is 14.1 Å². The van der Waals surface area contributed by atoms with Crippen LogP contribution in [0.15, 0.2) is 12.2 Å². The maximum absolute atomic E-state index is 11.9. The summed E-state index contributed by atoms with van der Waals surface area (Å²) in [5.74, 6) is 0.526. The molecule has 6 nitrogen and oxygen atoms in total. The number of alkyl halides is 3. The summed E-state index contributed by atoms with van der Waals surface area (Å²) in [6.45, 7) is 0.405. The van der Waals surface area contributed by atoms with Crippen molar-refractivity contribution in [3.05, 3.63) is 12.2 Å². The van der Waals surface area contributed by atoms with Crippen molar-refractivity contribution < 1.29 is 18.0 Å². The Balaban J connectivity index is 2.33. The lowest BCUT2D eigenvalue weighted by Crippen LogP contribution is -2.14. The first-order valence-electron chi connectivity index (χ1n) is 6.30. The number of ketones is 1. The van der Waals surface area contributed by atoms with Crippen molar-refractivity contribution in [2.24, 2.45) is 7.05 Å². The van der Waals surface area contributed by atoms with Crippen molar-refractivity contribution in [2.45, 2.75) is 19.0 Å². The Hall–Kier alpha value is -2.06. The summed E-state index contributed by atoms with van der Waals surface area (Å²) in [5, 5.41) is 7.04. The van der Waals surface area contributed by atoms with Gasteiger partial charge in [0.05, 0.1) is 0 Å². The first-order valence-corrected chi connectivity index (χ1v) is 6.30. The lowest BCUT2D eigenvalue weighted by Gasteiger charge is -2.08. The minimum absolute atomic E-state index is 0.0347. The van der Waals surface area contributed by atoms with E-state index in [9.17, 15) is 18.0 Å². The first kappa shape index (κ1) is 17.0. The van der Waals surface area contributed by atoms with Gasteiger partial charge >= 0.3 is 6.18 Å². The van der Waals surface area contributed by atoms with Crippen LogP contribution in [0.1, 0.15) is 12.8 Å². The topological polar surface area (TPSA) is 63.1 Å². The number of rotatable bonds is 7. The normalized spacial score (nSPS) is 11.9. The molecular weight excluding hydrogens is 287 g/mol. The highest BCUT2D eigenvalue weighted by Gasteiger charge is 2.22. The second-order valence-corrected chi connectivity index (χ2v) is 4.63. The predicted molar refractivity (Wildman–Crippen MR) is 73.3 cm³/mol. The fourth-order valence-electron chi connectivity index (χ4n) is 1.57. The molecule has 1 rings (SSSR count). The predicted octanol–water partition coefficient (Wildman–Crippen LogP) is 1.76. The molecule has 1 aromatic rings. The van der Waals surface area contributed by atoms with E-state index < -0.39 is 12.0 Å². The second kappa shape index (κ2) is 7.09. The molecule has 118 valence electrons. The van der Waals surface area contributed by atoms with Crippen LogP contribution in [0.5, 0.6) is 0 Å². The molecule has 0 atom stereocenters. The lowest BCUT2D eigenvalue weighted by atomic mass is 10.2. The highest BCUT2D eigenvalue weighted by molar-refractivity contribution is 5.89. The number of hydrogen-bond donors (Lipinski definition) is 1. The number of carbonyl (C=O) groups is 1. The van der Waals surface area contributed by atoms with Crippen molar-refractivity contribution in [1.82, 2.24) is 14.8 Å². The third-order valence-electron chi connectivity index (χ3n) is 2.48. The van der Waals surface area contributed by atoms with Gasteiger partial charge in [0.2, 0.25) is 11.9 Å². The zero-order chi connectivity index (χ0) is 16.0. The van der Waals surface area contributed by atoms with E-state index in [-0.39, 0.29) is 12.5 Å². The molecule has 0 aliphatic carbocycles. The molecule has 0 bridgehead atoms. The molecule has 0 saturated carbocycles. The Morgan fingerprint density at radius 2 is 2.10 bits per heavy atom. The maximum Gasteiger partial charge on any atom is 0.409 e. The van der Waals surface area contributed by atoms with Crippen molar-refractivity contribution >= 4 is 17.7 Å². The number of allylic oxidation sites excluding steroid dienone is 2. The van der Waals surface area contributed by atoms with Gasteiger partial charge < -0.3 is 10.2 Å². The molecule has 9 heteroatoms. The number of hydrogen-bond acceptors (Lipinski definition) is 5. The summed E-state index contributed by atoms with van der Waals surface area (Å²) >= 11 is 0. The van der Waals surface area contributed by atoms with Crippen LogP contribution in [0.25, 0.3) is 0 Å². The number of halogens is 3. The Morgan fingerprint density at radius 1 is 1.43 bits per heavy atom. The molecule has 0 radical (unpaired) electrons. The molecular formula is C12H18F3N5O. The highest BCUT2D eigenvalue weighted by Crippen LogP contribution is 2.16. The number of anilines is 2. The molecule has 0 fully saturated rings. The molecule has 0 aliphatic heterocycles. The van der Waals surface area contributed by atoms with E-state index in [2.05, 4.69) is 15.4 Å². The van der Waals surface area contributed by atoms with Gasteiger partial charge in [-0.25, -0.2) is 4.68 Å². The Kier molecular flexibility index (Phi) is 5.74. The van der Waals surface area contributed by atoms with Gasteiger partial charge in [0, 0.05) is 40.2 Å². The second-order valence-electron chi connectivity index (χ2n) is 4.63. The van der Waals surface area contributed by atoms with E-state index in [1.54, 1.807) is 16.6 Å². The molecule has 1 aromatic heterocycles. The fraction of sp³-hybridized carbons (Fsp3) is 0.583. The number of carbonyl (C=O) groups excluding carboxylic acids is 1. The molecule has 0 saturated heterocycles. The smallest absolute Gasteiger partial charge is 0.353 e. The minimum atomic E-state index is -4.45. The van der Waals surface area contributed by atoms with Crippen molar-refractivity contribution in [3.8, 4) is 0 Å². The lowest BCUT2D eigenvalue weighted by molar-refractivity contribution is -0.115. The molecule has 0 aromatic carbocycles. The average Bonchev–Trinajstić information content (AvgIpc) is 2.73.